The largest absolute Gasteiger partial charge is 0.379 e. The maximum Gasteiger partial charge on any atom is 0.251 e. The molecule has 1 heterocycles. The van der Waals surface area contributed by atoms with Gasteiger partial charge >= 0.3 is 0 Å². The van der Waals surface area contributed by atoms with Crippen molar-refractivity contribution in [1.82, 2.24) is 10.2 Å². The fourth-order valence-electron chi connectivity index (χ4n) is 2.54. The third-order valence-corrected chi connectivity index (χ3v) is 3.80. The summed E-state index contributed by atoms with van der Waals surface area (Å²) in [5, 5.41) is 2.91. The van der Waals surface area contributed by atoms with Crippen LogP contribution in [0.4, 0.5) is 0 Å². The van der Waals surface area contributed by atoms with Gasteiger partial charge in [-0.2, -0.15) is 0 Å². The number of nitrogens with one attached hydrogen (secondary N) is 1. The summed E-state index contributed by atoms with van der Waals surface area (Å²) in [6, 6.07) is 0. The van der Waals surface area contributed by atoms with Crippen molar-refractivity contribution in [1.29, 1.82) is 0 Å². The highest BCUT2D eigenvalue weighted by Crippen LogP contribution is 2.18. The van der Waals surface area contributed by atoms with E-state index < -0.39 is 6.10 Å². The lowest BCUT2D eigenvalue weighted by Crippen LogP contribution is -2.48. The maximum absolute atomic E-state index is 12.4. The highest BCUT2D eigenvalue weighted by molar-refractivity contribution is 5.83. The summed E-state index contributed by atoms with van der Waals surface area (Å²) in [7, 11) is 0. The molecule has 1 fully saturated rings. The van der Waals surface area contributed by atoms with Crippen LogP contribution < -0.4 is 5.32 Å². The van der Waals surface area contributed by atoms with E-state index in [1.807, 2.05) is 13.8 Å². The molecule has 0 radical (unpaired) electrons. The summed E-state index contributed by atoms with van der Waals surface area (Å²) in [4.78, 5) is 26.2. The summed E-state index contributed by atoms with van der Waals surface area (Å²) >= 11 is 0. The van der Waals surface area contributed by atoms with E-state index in [1.54, 1.807) is 11.8 Å². The minimum absolute atomic E-state index is 0.0375. The molecule has 0 bridgehead atoms. The monoisotopic (exact) mass is 314 g/mol. The first-order valence-corrected chi connectivity index (χ1v) is 8.36. The molecule has 0 aromatic rings. The zero-order valence-corrected chi connectivity index (χ0v) is 14.1. The number of carbonyl (C=O) groups excluding carboxylic acids is 2. The molecule has 6 heteroatoms. The van der Waals surface area contributed by atoms with E-state index in [1.165, 1.54) is 0 Å². The van der Waals surface area contributed by atoms with Crippen LogP contribution in [0, 0.1) is 5.92 Å². The molecule has 0 spiro atoms. The van der Waals surface area contributed by atoms with Crippen LogP contribution in [0.2, 0.25) is 0 Å². The molecule has 6 nitrogen and oxygen atoms in total. The number of nitrogens with zero attached hydrogens (tertiary/aromatic N) is 1. The molecule has 1 rings (SSSR count). The van der Waals surface area contributed by atoms with Crippen molar-refractivity contribution in [2.45, 2.75) is 46.1 Å². The van der Waals surface area contributed by atoms with E-state index in [4.69, 9.17) is 9.47 Å². The van der Waals surface area contributed by atoms with E-state index in [0.29, 0.717) is 39.5 Å². The van der Waals surface area contributed by atoms with Gasteiger partial charge in [-0.25, -0.2) is 0 Å². The Morgan fingerprint density at radius 2 is 2.09 bits per heavy atom. The van der Waals surface area contributed by atoms with Gasteiger partial charge < -0.3 is 19.7 Å². The van der Waals surface area contributed by atoms with Gasteiger partial charge in [0.05, 0.1) is 19.1 Å². The van der Waals surface area contributed by atoms with Gasteiger partial charge in [-0.05, 0) is 33.1 Å². The van der Waals surface area contributed by atoms with E-state index in [2.05, 4.69) is 5.32 Å². The number of hydrogen-bond donors (Lipinski definition) is 1. The molecule has 2 amide bonds. The normalized spacial score (nSPS) is 19.8. The van der Waals surface area contributed by atoms with Crippen LogP contribution in [0.25, 0.3) is 0 Å². The predicted octanol–water partition coefficient (Wildman–Crippen LogP) is 1.19. The lowest BCUT2D eigenvalue weighted by molar-refractivity contribution is -0.146. The smallest absolute Gasteiger partial charge is 0.251 e. The van der Waals surface area contributed by atoms with Gasteiger partial charge in [0.15, 0.2) is 0 Å². The Labute approximate surface area is 133 Å². The zero-order chi connectivity index (χ0) is 16.4. The van der Waals surface area contributed by atoms with E-state index in [9.17, 15) is 9.59 Å². The lowest BCUT2D eigenvalue weighted by atomic mass is 9.96. The van der Waals surface area contributed by atoms with Crippen LogP contribution in [-0.4, -0.2) is 62.3 Å². The van der Waals surface area contributed by atoms with Gasteiger partial charge in [-0.3, -0.25) is 9.59 Å². The Bertz CT molecular complexity index is 349. The molecule has 128 valence electrons. The van der Waals surface area contributed by atoms with Gasteiger partial charge in [0, 0.05) is 26.2 Å². The average Bonchev–Trinajstić information content (AvgIpc) is 2.55. The molecule has 1 saturated heterocycles. The molecular weight excluding hydrogens is 284 g/mol. The van der Waals surface area contributed by atoms with Crippen LogP contribution in [0.15, 0.2) is 0 Å². The molecule has 0 aromatic heterocycles. The van der Waals surface area contributed by atoms with Crippen molar-refractivity contribution in [3.63, 3.8) is 0 Å². The summed E-state index contributed by atoms with van der Waals surface area (Å²) < 4.78 is 10.7. The molecule has 0 aliphatic carbocycles. The Morgan fingerprint density at radius 1 is 1.32 bits per heavy atom. The summed E-state index contributed by atoms with van der Waals surface area (Å²) in [6.45, 7) is 9.15. The highest BCUT2D eigenvalue weighted by Gasteiger charge is 2.30. The minimum atomic E-state index is -0.488. The van der Waals surface area contributed by atoms with Crippen LogP contribution in [-0.2, 0) is 19.1 Å². The molecule has 1 N–H and O–H groups in total. The topological polar surface area (TPSA) is 67.9 Å². The second-order valence-corrected chi connectivity index (χ2v) is 5.62. The second-order valence-electron chi connectivity index (χ2n) is 5.62. The fraction of sp³-hybridized carbons (Fsp3) is 0.875. The SMILES string of the molecule is CCCNC(=O)[C@H]1CCCN(C(=O)[C@H](C)OCCOCC)C1. The van der Waals surface area contributed by atoms with Crippen molar-refractivity contribution < 1.29 is 19.1 Å². The maximum atomic E-state index is 12.4. The van der Waals surface area contributed by atoms with E-state index >= 15 is 0 Å². The number of ether oxygens (including phenoxy) is 2. The summed E-state index contributed by atoms with van der Waals surface area (Å²) in [5.41, 5.74) is 0. The predicted molar refractivity (Wildman–Crippen MR) is 84.5 cm³/mol. The molecule has 2 atom stereocenters. The molecule has 0 saturated carbocycles. The third kappa shape index (κ3) is 6.32. The quantitative estimate of drug-likeness (QED) is 0.649. The Hall–Kier alpha value is -1.14. The molecule has 1 aliphatic heterocycles. The van der Waals surface area contributed by atoms with E-state index in [0.717, 1.165) is 19.3 Å². The number of amides is 2. The van der Waals surface area contributed by atoms with Crippen molar-refractivity contribution in [3.05, 3.63) is 0 Å². The number of hydrogen-bond acceptors (Lipinski definition) is 4. The highest BCUT2D eigenvalue weighted by atomic mass is 16.5. The van der Waals surface area contributed by atoms with Gasteiger partial charge in [-0.15, -0.1) is 0 Å². The van der Waals surface area contributed by atoms with Crippen molar-refractivity contribution in [3.8, 4) is 0 Å². The van der Waals surface area contributed by atoms with Crippen LogP contribution in [0.1, 0.15) is 40.0 Å². The molecular formula is C16H30N2O4. The molecule has 22 heavy (non-hydrogen) atoms. The number of rotatable bonds is 9. The second kappa shape index (κ2) is 10.6. The third-order valence-electron chi connectivity index (χ3n) is 3.80. The van der Waals surface area contributed by atoms with Crippen molar-refractivity contribution in [2.24, 2.45) is 5.92 Å². The first-order chi connectivity index (χ1) is 10.6. The van der Waals surface area contributed by atoms with Crippen molar-refractivity contribution >= 4 is 11.8 Å². The standard InChI is InChI=1S/C16H30N2O4/c1-4-8-17-15(19)14-7-6-9-18(12-14)16(20)13(3)22-11-10-21-5-2/h13-14H,4-12H2,1-3H3,(H,17,19)/t13-,14-/m0/s1. The van der Waals surface area contributed by atoms with E-state index in [-0.39, 0.29) is 17.7 Å². The van der Waals surface area contributed by atoms with Gasteiger partial charge in [0.1, 0.15) is 6.10 Å². The molecule has 0 aromatic carbocycles. The zero-order valence-electron chi connectivity index (χ0n) is 14.1. The number of likely N-dealkylation sites (tertiary alicyclic amines) is 1. The fourth-order valence-corrected chi connectivity index (χ4v) is 2.54. The minimum Gasteiger partial charge on any atom is -0.379 e. The van der Waals surface area contributed by atoms with Crippen molar-refractivity contribution in [2.75, 3.05) is 39.5 Å². The number of carbonyl (C=O) groups is 2. The average molecular weight is 314 g/mol. The molecule has 1 aliphatic rings. The summed E-state index contributed by atoms with van der Waals surface area (Å²) in [6.07, 6.45) is 2.14. The lowest BCUT2D eigenvalue weighted by Gasteiger charge is -2.33. The number of piperidine rings is 1. The van der Waals surface area contributed by atoms with Gasteiger partial charge in [-0.1, -0.05) is 6.92 Å². The van der Waals surface area contributed by atoms with Gasteiger partial charge in [0.25, 0.3) is 5.91 Å². The molecule has 0 unspecified atom stereocenters. The Balaban J connectivity index is 2.39. The van der Waals surface area contributed by atoms with Gasteiger partial charge in [0.2, 0.25) is 5.91 Å². The Morgan fingerprint density at radius 3 is 2.77 bits per heavy atom. The first kappa shape index (κ1) is 18.9. The first-order valence-electron chi connectivity index (χ1n) is 8.36. The van der Waals surface area contributed by atoms with Crippen LogP contribution >= 0.6 is 0 Å². The van der Waals surface area contributed by atoms with Crippen LogP contribution in [0.3, 0.4) is 0 Å². The van der Waals surface area contributed by atoms with Crippen LogP contribution in [0.5, 0.6) is 0 Å². The summed E-state index contributed by atoms with van der Waals surface area (Å²) in [5.74, 6) is -0.0753. The Kier molecular flexibility index (Phi) is 9.08.